The number of benzene rings is 1. The number of carbonyl (C=O) groups is 1. The normalized spacial score (nSPS) is 19.0. The molecule has 0 unspecified atom stereocenters. The topological polar surface area (TPSA) is 75.7 Å². The molecule has 1 aliphatic rings. The largest absolute Gasteiger partial charge is 0.497 e. The van der Waals surface area contributed by atoms with Gasteiger partial charge in [0.15, 0.2) is 0 Å². The molecule has 0 saturated heterocycles. The van der Waals surface area contributed by atoms with E-state index in [0.717, 1.165) is 10.6 Å². The number of anilines is 1. The number of nitrogens with zero attached hydrogens (tertiary/aromatic N) is 1. The standard InChI is InChI=1S/C13H16N2O4S/c1-19-11-7-5-10(6-8-11)14-13(16)12-4-3-9-15(12)20(2,17)18/h3-8,12H,9H2,1-2H3,(H,14,16)/t12-/m0/s1. The van der Waals surface area contributed by atoms with E-state index in [1.54, 1.807) is 43.5 Å². The predicted octanol–water partition coefficient (Wildman–Crippen LogP) is 0.834. The molecule has 0 fully saturated rings. The summed E-state index contributed by atoms with van der Waals surface area (Å²) in [5.74, 6) is 0.302. The van der Waals surface area contributed by atoms with E-state index in [9.17, 15) is 13.2 Å². The summed E-state index contributed by atoms with van der Waals surface area (Å²) < 4.78 is 29.3. The third kappa shape index (κ3) is 3.17. The van der Waals surface area contributed by atoms with E-state index in [-0.39, 0.29) is 12.5 Å². The lowest BCUT2D eigenvalue weighted by Crippen LogP contribution is -2.42. The average molecular weight is 296 g/mol. The predicted molar refractivity (Wildman–Crippen MR) is 76.1 cm³/mol. The van der Waals surface area contributed by atoms with Crippen molar-refractivity contribution in [1.82, 2.24) is 4.31 Å². The molecule has 0 saturated carbocycles. The SMILES string of the molecule is COc1ccc(NC(=O)[C@@H]2C=CCN2S(C)(=O)=O)cc1. The van der Waals surface area contributed by atoms with Crippen molar-refractivity contribution in [2.75, 3.05) is 25.2 Å². The van der Waals surface area contributed by atoms with Crippen LogP contribution in [0.25, 0.3) is 0 Å². The number of hydrogen-bond acceptors (Lipinski definition) is 4. The fourth-order valence-corrected chi connectivity index (χ4v) is 2.89. The molecule has 0 spiro atoms. The number of rotatable bonds is 4. The first-order valence-electron chi connectivity index (χ1n) is 6.00. The summed E-state index contributed by atoms with van der Waals surface area (Å²) in [4.78, 5) is 12.1. The first-order chi connectivity index (χ1) is 9.41. The number of ether oxygens (including phenoxy) is 1. The van der Waals surface area contributed by atoms with E-state index >= 15 is 0 Å². The molecule has 1 aromatic rings. The van der Waals surface area contributed by atoms with Crippen molar-refractivity contribution in [2.45, 2.75) is 6.04 Å². The van der Waals surface area contributed by atoms with E-state index in [4.69, 9.17) is 4.74 Å². The summed E-state index contributed by atoms with van der Waals surface area (Å²) in [6, 6.07) is 6.02. The molecule has 1 heterocycles. The monoisotopic (exact) mass is 296 g/mol. The van der Waals surface area contributed by atoms with Gasteiger partial charge in [-0.25, -0.2) is 8.42 Å². The Morgan fingerprint density at radius 3 is 2.55 bits per heavy atom. The Kier molecular flexibility index (Phi) is 4.10. The van der Waals surface area contributed by atoms with E-state index in [2.05, 4.69) is 5.32 Å². The lowest BCUT2D eigenvalue weighted by Gasteiger charge is -2.21. The highest BCUT2D eigenvalue weighted by atomic mass is 32.2. The highest BCUT2D eigenvalue weighted by molar-refractivity contribution is 7.88. The van der Waals surface area contributed by atoms with Gasteiger partial charge < -0.3 is 10.1 Å². The van der Waals surface area contributed by atoms with Crippen LogP contribution in [0, 0.1) is 0 Å². The van der Waals surface area contributed by atoms with E-state index in [0.29, 0.717) is 11.4 Å². The van der Waals surface area contributed by atoms with Crippen molar-refractivity contribution in [2.24, 2.45) is 0 Å². The van der Waals surface area contributed by atoms with Gasteiger partial charge in [0.05, 0.1) is 13.4 Å². The van der Waals surface area contributed by atoms with Gasteiger partial charge in [-0.2, -0.15) is 4.31 Å². The first-order valence-corrected chi connectivity index (χ1v) is 7.85. The maximum atomic E-state index is 12.1. The molecule has 20 heavy (non-hydrogen) atoms. The minimum Gasteiger partial charge on any atom is -0.497 e. The van der Waals surface area contributed by atoms with Gasteiger partial charge in [0.25, 0.3) is 0 Å². The molecule has 1 atom stereocenters. The number of amides is 1. The lowest BCUT2D eigenvalue weighted by atomic mass is 10.2. The van der Waals surface area contributed by atoms with E-state index in [1.807, 2.05) is 0 Å². The van der Waals surface area contributed by atoms with Gasteiger partial charge >= 0.3 is 0 Å². The van der Waals surface area contributed by atoms with Crippen LogP contribution < -0.4 is 10.1 Å². The van der Waals surface area contributed by atoms with Gasteiger partial charge in [-0.3, -0.25) is 4.79 Å². The molecule has 6 nitrogen and oxygen atoms in total. The van der Waals surface area contributed by atoms with Gasteiger partial charge in [0.1, 0.15) is 11.8 Å². The van der Waals surface area contributed by atoms with Crippen LogP contribution in [0.5, 0.6) is 5.75 Å². The maximum absolute atomic E-state index is 12.1. The average Bonchev–Trinajstić information content (AvgIpc) is 2.89. The van der Waals surface area contributed by atoms with Crippen LogP contribution in [0.2, 0.25) is 0 Å². The van der Waals surface area contributed by atoms with Crippen LogP contribution in [0.3, 0.4) is 0 Å². The molecule has 108 valence electrons. The molecular formula is C13H16N2O4S. The Morgan fingerprint density at radius 2 is 2.00 bits per heavy atom. The Morgan fingerprint density at radius 1 is 1.35 bits per heavy atom. The van der Waals surface area contributed by atoms with Crippen LogP contribution in [0.15, 0.2) is 36.4 Å². The molecular weight excluding hydrogens is 280 g/mol. The van der Waals surface area contributed by atoms with Crippen molar-refractivity contribution in [3.8, 4) is 5.75 Å². The number of carbonyl (C=O) groups excluding carboxylic acids is 1. The Bertz CT molecular complexity index is 622. The van der Waals surface area contributed by atoms with Gasteiger partial charge in [0.2, 0.25) is 15.9 Å². The third-order valence-electron chi connectivity index (χ3n) is 2.97. The molecule has 0 bridgehead atoms. The second-order valence-electron chi connectivity index (χ2n) is 4.42. The van der Waals surface area contributed by atoms with Gasteiger partial charge in [-0.05, 0) is 24.3 Å². The van der Waals surface area contributed by atoms with Crippen LogP contribution in [-0.4, -0.2) is 44.6 Å². The molecule has 2 rings (SSSR count). The molecule has 0 aromatic heterocycles. The highest BCUT2D eigenvalue weighted by Crippen LogP contribution is 2.18. The number of hydrogen-bond donors (Lipinski definition) is 1. The number of methoxy groups -OCH3 is 1. The summed E-state index contributed by atoms with van der Waals surface area (Å²) in [7, 11) is -1.85. The smallest absolute Gasteiger partial charge is 0.246 e. The fourth-order valence-electron chi connectivity index (χ4n) is 1.95. The maximum Gasteiger partial charge on any atom is 0.246 e. The van der Waals surface area contributed by atoms with Crippen molar-refractivity contribution < 1.29 is 17.9 Å². The molecule has 1 aromatic carbocycles. The molecule has 1 N–H and O–H groups in total. The zero-order valence-corrected chi connectivity index (χ0v) is 12.1. The summed E-state index contributed by atoms with van der Waals surface area (Å²) in [6.07, 6.45) is 4.34. The molecule has 7 heteroatoms. The minimum absolute atomic E-state index is 0.222. The quantitative estimate of drug-likeness (QED) is 0.835. The summed E-state index contributed by atoms with van der Waals surface area (Å²) in [6.45, 7) is 0.222. The van der Waals surface area contributed by atoms with Crippen LogP contribution >= 0.6 is 0 Å². The van der Waals surface area contributed by atoms with Crippen molar-refractivity contribution in [3.05, 3.63) is 36.4 Å². The number of nitrogens with one attached hydrogen (secondary N) is 1. The minimum atomic E-state index is -3.41. The molecule has 0 aliphatic carbocycles. The Balaban J connectivity index is 2.09. The van der Waals surface area contributed by atoms with Crippen LogP contribution in [-0.2, 0) is 14.8 Å². The molecule has 1 amide bonds. The number of sulfonamides is 1. The van der Waals surface area contributed by atoms with Gasteiger partial charge in [0, 0.05) is 12.2 Å². The summed E-state index contributed by atoms with van der Waals surface area (Å²) in [5.41, 5.74) is 0.588. The first kappa shape index (κ1) is 14.5. The summed E-state index contributed by atoms with van der Waals surface area (Å²) >= 11 is 0. The highest BCUT2D eigenvalue weighted by Gasteiger charge is 2.32. The fraction of sp³-hybridized carbons (Fsp3) is 0.308. The summed E-state index contributed by atoms with van der Waals surface area (Å²) in [5, 5.41) is 2.69. The van der Waals surface area contributed by atoms with Crippen molar-refractivity contribution >= 4 is 21.6 Å². The van der Waals surface area contributed by atoms with Crippen LogP contribution in [0.4, 0.5) is 5.69 Å². The Hall–Kier alpha value is -1.86. The van der Waals surface area contributed by atoms with Crippen LogP contribution in [0.1, 0.15) is 0 Å². The van der Waals surface area contributed by atoms with Crippen molar-refractivity contribution in [1.29, 1.82) is 0 Å². The molecule has 1 aliphatic heterocycles. The van der Waals surface area contributed by atoms with E-state index < -0.39 is 16.1 Å². The third-order valence-corrected chi connectivity index (χ3v) is 4.19. The zero-order valence-electron chi connectivity index (χ0n) is 11.2. The second-order valence-corrected chi connectivity index (χ2v) is 6.36. The van der Waals surface area contributed by atoms with Gasteiger partial charge in [-0.1, -0.05) is 12.2 Å². The zero-order chi connectivity index (χ0) is 14.8. The lowest BCUT2D eigenvalue weighted by molar-refractivity contribution is -0.118. The Labute approximate surface area is 118 Å². The molecule has 0 radical (unpaired) electrons. The van der Waals surface area contributed by atoms with Gasteiger partial charge in [-0.15, -0.1) is 0 Å². The van der Waals surface area contributed by atoms with Crippen molar-refractivity contribution in [3.63, 3.8) is 0 Å². The van der Waals surface area contributed by atoms with E-state index in [1.165, 1.54) is 0 Å². The second kappa shape index (κ2) is 5.64.